The molecule has 0 aromatic heterocycles. The average Bonchev–Trinajstić information content (AvgIpc) is 1.83. The summed E-state index contributed by atoms with van der Waals surface area (Å²) in [5.41, 5.74) is 0.987. The molecule has 0 radical (unpaired) electrons. The first-order valence-corrected chi connectivity index (χ1v) is 3.53. The van der Waals surface area contributed by atoms with Crippen LogP contribution in [0, 0.1) is 0 Å². The standard InChI is InChI=1S/C5H10ClNS/c1-5(7-6)3-2-4-8/h8H,2-4H2,1H3/b7-5+. The zero-order valence-electron chi connectivity index (χ0n) is 4.89. The number of rotatable bonds is 3. The summed E-state index contributed by atoms with van der Waals surface area (Å²) < 4.78 is 3.48. The van der Waals surface area contributed by atoms with Crippen molar-refractivity contribution in [3.63, 3.8) is 0 Å². The first kappa shape index (κ1) is 8.31. The van der Waals surface area contributed by atoms with Crippen molar-refractivity contribution in [2.45, 2.75) is 19.8 Å². The zero-order valence-corrected chi connectivity index (χ0v) is 6.54. The van der Waals surface area contributed by atoms with Gasteiger partial charge in [0.15, 0.2) is 0 Å². The Hall–Kier alpha value is 0.310. The third-order valence-corrected chi connectivity index (χ3v) is 1.45. The Balaban J connectivity index is 3.12. The van der Waals surface area contributed by atoms with Gasteiger partial charge in [0.2, 0.25) is 0 Å². The number of hydrogen-bond acceptors (Lipinski definition) is 2. The van der Waals surface area contributed by atoms with Gasteiger partial charge in [-0.3, -0.25) is 0 Å². The molecule has 0 aliphatic rings. The fraction of sp³-hybridized carbons (Fsp3) is 0.800. The normalized spacial score (nSPS) is 12.1. The number of hydrogen-bond donors (Lipinski definition) is 1. The van der Waals surface area contributed by atoms with Gasteiger partial charge in [0.25, 0.3) is 0 Å². The summed E-state index contributed by atoms with van der Waals surface area (Å²) >= 11 is 9.19. The van der Waals surface area contributed by atoms with Gasteiger partial charge in [-0.2, -0.15) is 17.1 Å². The van der Waals surface area contributed by atoms with Crippen LogP contribution in [-0.4, -0.2) is 11.5 Å². The van der Waals surface area contributed by atoms with Gasteiger partial charge in [-0.15, -0.1) is 0 Å². The Labute approximate surface area is 60.7 Å². The summed E-state index contributed by atoms with van der Waals surface area (Å²) in [6.07, 6.45) is 2.03. The van der Waals surface area contributed by atoms with E-state index in [1.807, 2.05) is 6.92 Å². The lowest BCUT2D eigenvalue weighted by atomic mass is 10.2. The number of thiol groups is 1. The van der Waals surface area contributed by atoms with E-state index in [4.69, 9.17) is 11.8 Å². The Morgan fingerprint density at radius 3 is 2.75 bits per heavy atom. The van der Waals surface area contributed by atoms with E-state index < -0.39 is 0 Å². The van der Waals surface area contributed by atoms with E-state index in [1.165, 1.54) is 0 Å². The molecule has 0 N–H and O–H groups in total. The van der Waals surface area contributed by atoms with Gasteiger partial charge in [0.05, 0.1) is 0 Å². The van der Waals surface area contributed by atoms with Crippen LogP contribution >= 0.6 is 24.4 Å². The molecule has 0 saturated heterocycles. The predicted octanol–water partition coefficient (Wildman–Crippen LogP) is 2.31. The molecule has 0 unspecified atom stereocenters. The van der Waals surface area contributed by atoms with E-state index in [9.17, 15) is 0 Å². The van der Waals surface area contributed by atoms with E-state index in [0.717, 1.165) is 24.3 Å². The Morgan fingerprint density at radius 1 is 1.75 bits per heavy atom. The molecule has 1 nitrogen and oxygen atoms in total. The summed E-state index contributed by atoms with van der Waals surface area (Å²) in [5, 5.41) is 0. The maximum Gasteiger partial charge on any atom is 0.0364 e. The van der Waals surface area contributed by atoms with Gasteiger partial charge in [-0.05, 0) is 25.5 Å². The van der Waals surface area contributed by atoms with E-state index in [-0.39, 0.29) is 0 Å². The van der Waals surface area contributed by atoms with Gasteiger partial charge in [-0.1, -0.05) is 0 Å². The van der Waals surface area contributed by atoms with Crippen molar-refractivity contribution in [3.8, 4) is 0 Å². The minimum absolute atomic E-state index is 0.906. The number of nitrogens with zero attached hydrogens (tertiary/aromatic N) is 1. The second kappa shape index (κ2) is 5.45. The molecule has 0 atom stereocenters. The van der Waals surface area contributed by atoms with Gasteiger partial charge in [0.1, 0.15) is 0 Å². The highest BCUT2D eigenvalue weighted by atomic mass is 35.5. The first-order chi connectivity index (χ1) is 3.81. The van der Waals surface area contributed by atoms with Crippen LogP contribution in [0.5, 0.6) is 0 Å². The number of halogens is 1. The zero-order chi connectivity index (χ0) is 6.41. The van der Waals surface area contributed by atoms with Crippen molar-refractivity contribution in [1.29, 1.82) is 0 Å². The lowest BCUT2D eigenvalue weighted by molar-refractivity contribution is 1.01. The monoisotopic (exact) mass is 151 g/mol. The van der Waals surface area contributed by atoms with Gasteiger partial charge in [0, 0.05) is 17.5 Å². The first-order valence-electron chi connectivity index (χ1n) is 2.56. The molecule has 0 aromatic rings. The highest BCUT2D eigenvalue weighted by Gasteiger charge is 1.87. The van der Waals surface area contributed by atoms with E-state index >= 15 is 0 Å². The summed E-state index contributed by atoms with van der Waals surface area (Å²) in [4.78, 5) is 0. The molecular weight excluding hydrogens is 142 g/mol. The molecule has 48 valence electrons. The maximum atomic E-state index is 5.15. The van der Waals surface area contributed by atoms with Crippen LogP contribution in [0.4, 0.5) is 0 Å². The fourth-order valence-corrected chi connectivity index (χ4v) is 0.620. The minimum Gasteiger partial charge on any atom is -0.187 e. The topological polar surface area (TPSA) is 12.4 Å². The van der Waals surface area contributed by atoms with Crippen LogP contribution in [-0.2, 0) is 0 Å². The molecule has 0 aliphatic heterocycles. The van der Waals surface area contributed by atoms with Crippen molar-refractivity contribution in [2.75, 3.05) is 5.75 Å². The van der Waals surface area contributed by atoms with Crippen molar-refractivity contribution in [2.24, 2.45) is 4.51 Å². The Bertz CT molecular complexity index is 82.5. The SMILES string of the molecule is C/C(CCCS)=N\Cl. The van der Waals surface area contributed by atoms with Crippen LogP contribution < -0.4 is 0 Å². The third kappa shape index (κ3) is 4.47. The molecule has 0 heterocycles. The second-order valence-electron chi connectivity index (χ2n) is 1.65. The predicted molar refractivity (Wildman–Crippen MR) is 42.0 cm³/mol. The van der Waals surface area contributed by atoms with E-state index in [2.05, 4.69) is 17.1 Å². The van der Waals surface area contributed by atoms with Crippen molar-refractivity contribution in [3.05, 3.63) is 0 Å². The lowest BCUT2D eigenvalue weighted by Crippen LogP contribution is -1.88. The van der Waals surface area contributed by atoms with Crippen LogP contribution in [0.15, 0.2) is 4.51 Å². The van der Waals surface area contributed by atoms with Gasteiger partial charge < -0.3 is 0 Å². The van der Waals surface area contributed by atoms with E-state index in [1.54, 1.807) is 0 Å². The van der Waals surface area contributed by atoms with Gasteiger partial charge in [-0.25, -0.2) is 0 Å². The summed E-state index contributed by atoms with van der Waals surface area (Å²) in [5.74, 6) is 0.906. The fourth-order valence-electron chi connectivity index (χ4n) is 0.377. The van der Waals surface area contributed by atoms with Crippen molar-refractivity contribution in [1.82, 2.24) is 0 Å². The molecule has 0 amide bonds. The second-order valence-corrected chi connectivity index (χ2v) is 2.26. The van der Waals surface area contributed by atoms with Crippen LogP contribution in [0.1, 0.15) is 19.8 Å². The summed E-state index contributed by atoms with van der Waals surface area (Å²) in [7, 11) is 0. The Kier molecular flexibility index (Phi) is 5.66. The van der Waals surface area contributed by atoms with Crippen molar-refractivity contribution >= 4 is 30.1 Å². The molecular formula is C5H10ClNS. The van der Waals surface area contributed by atoms with Crippen LogP contribution in [0.2, 0.25) is 0 Å². The molecule has 0 saturated carbocycles. The van der Waals surface area contributed by atoms with E-state index in [0.29, 0.717) is 0 Å². The van der Waals surface area contributed by atoms with Crippen LogP contribution in [0.25, 0.3) is 0 Å². The maximum absolute atomic E-state index is 5.15. The lowest BCUT2D eigenvalue weighted by Gasteiger charge is -1.91. The Morgan fingerprint density at radius 2 is 2.38 bits per heavy atom. The van der Waals surface area contributed by atoms with Crippen LogP contribution in [0.3, 0.4) is 0 Å². The molecule has 0 fully saturated rings. The average molecular weight is 152 g/mol. The molecule has 8 heavy (non-hydrogen) atoms. The smallest absolute Gasteiger partial charge is 0.0364 e. The molecule has 0 aromatic carbocycles. The highest BCUT2D eigenvalue weighted by molar-refractivity contribution is 7.80. The highest BCUT2D eigenvalue weighted by Crippen LogP contribution is 1.95. The third-order valence-electron chi connectivity index (χ3n) is 0.841. The molecule has 0 spiro atoms. The largest absolute Gasteiger partial charge is 0.187 e. The molecule has 0 bridgehead atoms. The molecule has 0 rings (SSSR count). The summed E-state index contributed by atoms with van der Waals surface area (Å²) in [6, 6.07) is 0. The summed E-state index contributed by atoms with van der Waals surface area (Å²) in [6.45, 7) is 1.91. The van der Waals surface area contributed by atoms with Crippen molar-refractivity contribution < 1.29 is 0 Å². The minimum atomic E-state index is 0.906. The molecule has 3 heteroatoms. The quantitative estimate of drug-likeness (QED) is 0.470. The molecule has 0 aliphatic carbocycles. The van der Waals surface area contributed by atoms with Gasteiger partial charge >= 0.3 is 0 Å².